The summed E-state index contributed by atoms with van der Waals surface area (Å²) >= 11 is 0. The first-order valence-electron chi connectivity index (χ1n) is 5.24. The molecule has 0 aliphatic rings. The molecule has 2 aromatic heterocycles. The Balaban J connectivity index is 0.000000606. The highest BCUT2D eigenvalue weighted by atomic mass is 16.5. The van der Waals surface area contributed by atoms with Crippen molar-refractivity contribution in [3.8, 4) is 0 Å². The largest absolute Gasteiger partial charge is 0.465 e. The summed E-state index contributed by atoms with van der Waals surface area (Å²) in [5.41, 5.74) is 2.51. The zero-order valence-electron chi connectivity index (χ0n) is 10.0. The molecule has 0 aromatic carbocycles. The highest BCUT2D eigenvalue weighted by Gasteiger charge is 2.07. The Morgan fingerprint density at radius 2 is 2.12 bits per heavy atom. The lowest BCUT2D eigenvalue weighted by atomic mass is 10.2. The minimum Gasteiger partial charge on any atom is -0.465 e. The summed E-state index contributed by atoms with van der Waals surface area (Å²) in [6.07, 6.45) is 3.50. The number of nitrogens with zero attached hydrogens (tertiary/aromatic N) is 2. The molecule has 0 unspecified atom stereocenters. The van der Waals surface area contributed by atoms with Crippen molar-refractivity contribution in [3.05, 3.63) is 35.7 Å². The van der Waals surface area contributed by atoms with Crippen molar-refractivity contribution in [2.75, 3.05) is 7.11 Å². The molecule has 0 saturated carbocycles. The number of esters is 1. The standard InChI is InChI=1S/C10H10N2O2.C2H6/c1-7-6-11-12-4-3-8(5-9(7)12)10(13)14-2;1-2/h3-6H,1-2H3;1-2H3. The van der Waals surface area contributed by atoms with Crippen LogP contribution in [0.5, 0.6) is 0 Å². The first kappa shape index (κ1) is 12.2. The smallest absolute Gasteiger partial charge is 0.337 e. The quantitative estimate of drug-likeness (QED) is 0.693. The number of aryl methyl sites for hydroxylation is 1. The van der Waals surface area contributed by atoms with Crippen LogP contribution in [0.25, 0.3) is 5.52 Å². The van der Waals surface area contributed by atoms with Crippen LogP contribution < -0.4 is 0 Å². The third-order valence-corrected chi connectivity index (χ3v) is 2.14. The van der Waals surface area contributed by atoms with Crippen molar-refractivity contribution >= 4 is 11.5 Å². The van der Waals surface area contributed by atoms with Crippen LogP contribution >= 0.6 is 0 Å². The fraction of sp³-hybridized carbons (Fsp3) is 0.333. The van der Waals surface area contributed by atoms with E-state index in [-0.39, 0.29) is 5.97 Å². The molecular formula is C12H16N2O2. The number of carbonyl (C=O) groups excluding carboxylic acids is 1. The molecule has 4 heteroatoms. The Kier molecular flexibility index (Phi) is 4.05. The molecule has 0 saturated heterocycles. The van der Waals surface area contributed by atoms with Crippen LogP contribution in [0.1, 0.15) is 29.8 Å². The van der Waals surface area contributed by atoms with Crippen LogP contribution in [0.3, 0.4) is 0 Å². The average molecular weight is 220 g/mol. The van der Waals surface area contributed by atoms with Gasteiger partial charge in [0.2, 0.25) is 0 Å². The number of fused-ring (bicyclic) bond motifs is 1. The van der Waals surface area contributed by atoms with Crippen LogP contribution in [-0.4, -0.2) is 22.7 Å². The molecule has 2 heterocycles. The zero-order valence-corrected chi connectivity index (χ0v) is 10.0. The van der Waals surface area contributed by atoms with E-state index < -0.39 is 0 Å². The molecule has 0 radical (unpaired) electrons. The SMILES string of the molecule is CC.COC(=O)c1ccn2ncc(C)c2c1. The molecule has 0 amide bonds. The van der Waals surface area contributed by atoms with Crippen molar-refractivity contribution < 1.29 is 9.53 Å². The minimum absolute atomic E-state index is 0.326. The van der Waals surface area contributed by atoms with Gasteiger partial charge in [0.15, 0.2) is 0 Å². The summed E-state index contributed by atoms with van der Waals surface area (Å²) < 4.78 is 6.36. The molecule has 0 bridgehead atoms. The number of carbonyl (C=O) groups is 1. The van der Waals surface area contributed by atoms with Gasteiger partial charge in [-0.25, -0.2) is 9.31 Å². The van der Waals surface area contributed by atoms with Crippen molar-refractivity contribution in [2.45, 2.75) is 20.8 Å². The van der Waals surface area contributed by atoms with E-state index in [2.05, 4.69) is 9.84 Å². The van der Waals surface area contributed by atoms with E-state index >= 15 is 0 Å². The molecular weight excluding hydrogens is 204 g/mol. The van der Waals surface area contributed by atoms with Crippen molar-refractivity contribution in [3.63, 3.8) is 0 Å². The Labute approximate surface area is 94.8 Å². The summed E-state index contributed by atoms with van der Waals surface area (Å²) in [5, 5.41) is 4.11. The maximum Gasteiger partial charge on any atom is 0.337 e. The van der Waals surface area contributed by atoms with Gasteiger partial charge >= 0.3 is 5.97 Å². The van der Waals surface area contributed by atoms with Gasteiger partial charge in [-0.05, 0) is 24.6 Å². The molecule has 16 heavy (non-hydrogen) atoms. The molecule has 0 aliphatic heterocycles. The Bertz CT molecular complexity index is 489. The van der Waals surface area contributed by atoms with Crippen LogP contribution in [0.4, 0.5) is 0 Å². The van der Waals surface area contributed by atoms with Crippen LogP contribution in [0.15, 0.2) is 24.5 Å². The predicted octanol–water partition coefficient (Wildman–Crippen LogP) is 2.46. The highest BCUT2D eigenvalue weighted by Crippen LogP contribution is 2.11. The molecule has 0 spiro atoms. The Hall–Kier alpha value is -1.84. The normalized spacial score (nSPS) is 9.50. The maximum absolute atomic E-state index is 11.2. The lowest BCUT2D eigenvalue weighted by Crippen LogP contribution is -2.02. The summed E-state index contributed by atoms with van der Waals surface area (Å²) in [7, 11) is 1.37. The second kappa shape index (κ2) is 5.30. The van der Waals surface area contributed by atoms with Gasteiger partial charge in [-0.15, -0.1) is 0 Å². The number of methoxy groups -OCH3 is 1. The molecule has 86 valence electrons. The minimum atomic E-state index is -0.326. The summed E-state index contributed by atoms with van der Waals surface area (Å²) in [6.45, 7) is 5.95. The number of aromatic nitrogens is 2. The number of hydrogen-bond donors (Lipinski definition) is 0. The van der Waals surface area contributed by atoms with Gasteiger partial charge < -0.3 is 4.74 Å². The van der Waals surface area contributed by atoms with E-state index in [0.717, 1.165) is 11.1 Å². The number of hydrogen-bond acceptors (Lipinski definition) is 3. The lowest BCUT2D eigenvalue weighted by Gasteiger charge is -1.99. The molecule has 0 fully saturated rings. The molecule has 4 nitrogen and oxygen atoms in total. The second-order valence-electron chi connectivity index (χ2n) is 3.06. The predicted molar refractivity (Wildman–Crippen MR) is 62.6 cm³/mol. The third-order valence-electron chi connectivity index (χ3n) is 2.14. The van der Waals surface area contributed by atoms with Gasteiger partial charge in [0.25, 0.3) is 0 Å². The molecule has 0 atom stereocenters. The van der Waals surface area contributed by atoms with Gasteiger partial charge in [0.05, 0.1) is 24.4 Å². The van der Waals surface area contributed by atoms with Crippen molar-refractivity contribution in [1.29, 1.82) is 0 Å². The van der Waals surface area contributed by atoms with Gasteiger partial charge in [-0.1, -0.05) is 13.8 Å². The van der Waals surface area contributed by atoms with E-state index in [9.17, 15) is 4.79 Å². The van der Waals surface area contributed by atoms with Gasteiger partial charge in [-0.2, -0.15) is 5.10 Å². The first-order chi connectivity index (χ1) is 7.72. The summed E-state index contributed by atoms with van der Waals surface area (Å²) in [6, 6.07) is 3.46. The van der Waals surface area contributed by atoms with Gasteiger partial charge in [0, 0.05) is 6.20 Å². The number of rotatable bonds is 1. The van der Waals surface area contributed by atoms with Gasteiger partial charge in [-0.3, -0.25) is 0 Å². The Morgan fingerprint density at radius 1 is 1.44 bits per heavy atom. The molecule has 0 aliphatic carbocycles. The van der Waals surface area contributed by atoms with E-state index in [1.807, 2.05) is 20.8 Å². The molecule has 0 N–H and O–H groups in total. The van der Waals surface area contributed by atoms with E-state index in [4.69, 9.17) is 0 Å². The lowest BCUT2D eigenvalue weighted by molar-refractivity contribution is 0.0600. The van der Waals surface area contributed by atoms with E-state index in [1.54, 1.807) is 29.0 Å². The second-order valence-corrected chi connectivity index (χ2v) is 3.06. The van der Waals surface area contributed by atoms with Crippen LogP contribution in [-0.2, 0) is 4.74 Å². The molecule has 2 rings (SSSR count). The maximum atomic E-state index is 11.2. The molecule has 2 aromatic rings. The van der Waals surface area contributed by atoms with Crippen molar-refractivity contribution in [2.24, 2.45) is 0 Å². The number of pyridine rings is 1. The number of ether oxygens (including phenoxy) is 1. The fourth-order valence-corrected chi connectivity index (χ4v) is 1.35. The highest BCUT2D eigenvalue weighted by molar-refractivity contribution is 5.90. The monoisotopic (exact) mass is 220 g/mol. The topological polar surface area (TPSA) is 43.6 Å². The summed E-state index contributed by atoms with van der Waals surface area (Å²) in [5.74, 6) is -0.326. The van der Waals surface area contributed by atoms with Gasteiger partial charge in [0.1, 0.15) is 0 Å². The van der Waals surface area contributed by atoms with Crippen LogP contribution in [0.2, 0.25) is 0 Å². The Morgan fingerprint density at radius 3 is 2.75 bits per heavy atom. The average Bonchev–Trinajstić information content (AvgIpc) is 2.72. The zero-order chi connectivity index (χ0) is 12.1. The van der Waals surface area contributed by atoms with E-state index in [1.165, 1.54) is 7.11 Å². The van der Waals surface area contributed by atoms with Crippen molar-refractivity contribution in [1.82, 2.24) is 9.61 Å². The summed E-state index contributed by atoms with van der Waals surface area (Å²) in [4.78, 5) is 11.2. The van der Waals surface area contributed by atoms with E-state index in [0.29, 0.717) is 5.56 Å². The third kappa shape index (κ3) is 2.21. The van der Waals surface area contributed by atoms with Crippen LogP contribution in [0, 0.1) is 6.92 Å². The first-order valence-corrected chi connectivity index (χ1v) is 5.24. The fourth-order valence-electron chi connectivity index (χ4n) is 1.35.